The Morgan fingerprint density at radius 2 is 2.10 bits per heavy atom. The number of carbonyl (C=O) groups is 1. The highest BCUT2D eigenvalue weighted by molar-refractivity contribution is 5.99. The first-order valence-electron chi connectivity index (χ1n) is 9.72. The van der Waals surface area contributed by atoms with Gasteiger partial charge in [-0.2, -0.15) is 5.10 Å². The van der Waals surface area contributed by atoms with Crippen molar-refractivity contribution < 1.29 is 9.53 Å². The molecule has 0 radical (unpaired) electrons. The monoisotopic (exact) mass is 387 g/mol. The molecule has 0 saturated carbocycles. The number of nitrogens with one attached hydrogen (secondary N) is 2. The van der Waals surface area contributed by atoms with Crippen LogP contribution in [0.15, 0.2) is 60.9 Å². The summed E-state index contributed by atoms with van der Waals surface area (Å²) >= 11 is 0. The number of aromatic nitrogens is 4. The van der Waals surface area contributed by atoms with Crippen LogP contribution in [-0.4, -0.2) is 31.7 Å². The summed E-state index contributed by atoms with van der Waals surface area (Å²) in [6.45, 7) is 1.25. The number of ether oxygens (including phenoxy) is 1. The van der Waals surface area contributed by atoms with Crippen LogP contribution in [0.2, 0.25) is 0 Å². The van der Waals surface area contributed by atoms with Crippen molar-refractivity contribution in [1.29, 1.82) is 0 Å². The Labute approximate surface area is 167 Å². The molecule has 7 heteroatoms. The quantitative estimate of drug-likeness (QED) is 0.551. The number of amides is 1. The Morgan fingerprint density at radius 3 is 3.00 bits per heavy atom. The predicted octanol–water partition coefficient (Wildman–Crippen LogP) is 3.08. The molecule has 2 aromatic carbocycles. The minimum atomic E-state index is -0.117. The summed E-state index contributed by atoms with van der Waals surface area (Å²) in [7, 11) is 0. The van der Waals surface area contributed by atoms with E-state index in [0.717, 1.165) is 41.0 Å². The third-order valence-electron chi connectivity index (χ3n) is 5.26. The van der Waals surface area contributed by atoms with Gasteiger partial charge in [0.15, 0.2) is 0 Å². The van der Waals surface area contributed by atoms with Crippen LogP contribution < -0.4 is 10.1 Å². The number of H-pyrrole nitrogens is 1. The SMILES string of the molecule is O=C(NC1CCn2ncnc2C1)c1cc2c(OCc3ccccc3)cccc2[nH]1. The summed E-state index contributed by atoms with van der Waals surface area (Å²) in [5.41, 5.74) is 2.51. The van der Waals surface area contributed by atoms with Crippen LogP contribution in [0.1, 0.15) is 28.3 Å². The van der Waals surface area contributed by atoms with Gasteiger partial charge in [-0.15, -0.1) is 0 Å². The van der Waals surface area contributed by atoms with Crippen molar-refractivity contribution in [3.63, 3.8) is 0 Å². The van der Waals surface area contributed by atoms with E-state index in [1.165, 1.54) is 0 Å². The highest BCUT2D eigenvalue weighted by Gasteiger charge is 2.23. The van der Waals surface area contributed by atoms with E-state index in [1.807, 2.05) is 59.3 Å². The van der Waals surface area contributed by atoms with Crippen LogP contribution in [0.25, 0.3) is 10.9 Å². The molecule has 5 rings (SSSR count). The summed E-state index contributed by atoms with van der Waals surface area (Å²) in [5.74, 6) is 1.55. The lowest BCUT2D eigenvalue weighted by atomic mass is 10.1. The van der Waals surface area contributed by atoms with E-state index < -0.39 is 0 Å². The molecule has 1 unspecified atom stereocenters. The minimum Gasteiger partial charge on any atom is -0.488 e. The zero-order chi connectivity index (χ0) is 19.6. The van der Waals surface area contributed by atoms with Crippen molar-refractivity contribution in [2.45, 2.75) is 32.0 Å². The second-order valence-electron chi connectivity index (χ2n) is 7.24. The lowest BCUT2D eigenvalue weighted by Crippen LogP contribution is -2.40. The smallest absolute Gasteiger partial charge is 0.267 e. The summed E-state index contributed by atoms with van der Waals surface area (Å²) in [6.07, 6.45) is 3.10. The van der Waals surface area contributed by atoms with Gasteiger partial charge >= 0.3 is 0 Å². The fourth-order valence-corrected chi connectivity index (χ4v) is 3.73. The normalized spacial score (nSPS) is 15.8. The maximum absolute atomic E-state index is 12.8. The number of fused-ring (bicyclic) bond motifs is 2. The minimum absolute atomic E-state index is 0.0550. The van der Waals surface area contributed by atoms with E-state index >= 15 is 0 Å². The fourth-order valence-electron chi connectivity index (χ4n) is 3.73. The van der Waals surface area contributed by atoms with Crippen molar-refractivity contribution in [2.24, 2.45) is 0 Å². The van der Waals surface area contributed by atoms with Crippen LogP contribution in [0.3, 0.4) is 0 Å². The zero-order valence-electron chi connectivity index (χ0n) is 15.8. The number of aromatic amines is 1. The average molecular weight is 387 g/mol. The van der Waals surface area contributed by atoms with E-state index in [1.54, 1.807) is 6.33 Å². The third-order valence-corrected chi connectivity index (χ3v) is 5.26. The molecule has 1 amide bonds. The van der Waals surface area contributed by atoms with Gasteiger partial charge in [0, 0.05) is 29.9 Å². The van der Waals surface area contributed by atoms with Crippen molar-refractivity contribution in [3.05, 3.63) is 78.0 Å². The van der Waals surface area contributed by atoms with Gasteiger partial charge in [0.05, 0.1) is 0 Å². The van der Waals surface area contributed by atoms with Crippen LogP contribution in [0.5, 0.6) is 5.75 Å². The highest BCUT2D eigenvalue weighted by atomic mass is 16.5. The molecular formula is C22H21N5O2. The molecule has 0 bridgehead atoms. The number of benzene rings is 2. The van der Waals surface area contributed by atoms with E-state index in [2.05, 4.69) is 20.4 Å². The number of hydrogen-bond acceptors (Lipinski definition) is 4. The van der Waals surface area contributed by atoms with E-state index in [4.69, 9.17) is 4.74 Å². The maximum Gasteiger partial charge on any atom is 0.267 e. The maximum atomic E-state index is 12.8. The first kappa shape index (κ1) is 17.5. The second kappa shape index (κ2) is 7.43. The van der Waals surface area contributed by atoms with Gasteiger partial charge in [0.25, 0.3) is 5.91 Å². The van der Waals surface area contributed by atoms with Gasteiger partial charge in [-0.05, 0) is 30.2 Å². The number of carbonyl (C=O) groups excluding carboxylic acids is 1. The molecule has 146 valence electrons. The number of nitrogens with zero attached hydrogens (tertiary/aromatic N) is 3. The summed E-state index contributed by atoms with van der Waals surface area (Å²) in [4.78, 5) is 20.3. The third kappa shape index (κ3) is 3.59. The van der Waals surface area contributed by atoms with Gasteiger partial charge in [-0.3, -0.25) is 4.79 Å². The second-order valence-corrected chi connectivity index (χ2v) is 7.24. The largest absolute Gasteiger partial charge is 0.488 e. The molecule has 0 aliphatic carbocycles. The van der Waals surface area contributed by atoms with Gasteiger partial charge in [-0.1, -0.05) is 36.4 Å². The zero-order valence-corrected chi connectivity index (χ0v) is 15.8. The van der Waals surface area contributed by atoms with Crippen LogP contribution in [0.4, 0.5) is 0 Å². The molecule has 0 fully saturated rings. The molecule has 4 aromatic rings. The predicted molar refractivity (Wildman–Crippen MR) is 109 cm³/mol. The molecule has 0 saturated heterocycles. The standard InChI is InChI=1S/C22H21N5O2/c28-22(25-16-9-10-27-21(11-16)23-14-24-27)19-12-17-18(26-19)7-4-8-20(17)29-13-15-5-2-1-3-6-15/h1-8,12,14,16,26H,9-11,13H2,(H,25,28). The molecule has 2 N–H and O–H groups in total. The Hall–Kier alpha value is -3.61. The molecule has 3 heterocycles. The molecule has 1 aliphatic rings. The number of rotatable bonds is 5. The molecule has 2 aromatic heterocycles. The van der Waals surface area contributed by atoms with Crippen molar-refractivity contribution >= 4 is 16.8 Å². The molecule has 7 nitrogen and oxygen atoms in total. The highest BCUT2D eigenvalue weighted by Crippen LogP contribution is 2.27. The van der Waals surface area contributed by atoms with Crippen LogP contribution >= 0.6 is 0 Å². The average Bonchev–Trinajstić information content (AvgIpc) is 3.39. The molecule has 1 atom stereocenters. The van der Waals surface area contributed by atoms with Gasteiger partial charge in [-0.25, -0.2) is 9.67 Å². The van der Waals surface area contributed by atoms with Crippen molar-refractivity contribution in [2.75, 3.05) is 0 Å². The molecule has 29 heavy (non-hydrogen) atoms. The molecular weight excluding hydrogens is 366 g/mol. The van der Waals surface area contributed by atoms with Gasteiger partial charge < -0.3 is 15.0 Å². The summed E-state index contributed by atoms with van der Waals surface area (Å²) < 4.78 is 7.90. The number of hydrogen-bond donors (Lipinski definition) is 2. The Kier molecular flexibility index (Phi) is 4.48. The Bertz CT molecular complexity index is 1150. The first-order valence-corrected chi connectivity index (χ1v) is 9.72. The molecule has 1 aliphatic heterocycles. The van der Waals surface area contributed by atoms with Gasteiger partial charge in [0.1, 0.15) is 30.2 Å². The number of aryl methyl sites for hydroxylation is 1. The Balaban J connectivity index is 1.31. The summed E-state index contributed by atoms with van der Waals surface area (Å²) in [5, 5.41) is 8.19. The van der Waals surface area contributed by atoms with E-state index in [0.29, 0.717) is 18.7 Å². The molecule has 0 spiro atoms. The van der Waals surface area contributed by atoms with E-state index in [9.17, 15) is 4.79 Å². The van der Waals surface area contributed by atoms with Crippen molar-refractivity contribution in [1.82, 2.24) is 25.1 Å². The lowest BCUT2D eigenvalue weighted by Gasteiger charge is -2.22. The van der Waals surface area contributed by atoms with Crippen molar-refractivity contribution in [3.8, 4) is 5.75 Å². The Morgan fingerprint density at radius 1 is 1.21 bits per heavy atom. The van der Waals surface area contributed by atoms with Crippen LogP contribution in [-0.2, 0) is 19.6 Å². The fraction of sp³-hybridized carbons (Fsp3) is 0.227. The summed E-state index contributed by atoms with van der Waals surface area (Å²) in [6, 6.07) is 17.7. The van der Waals surface area contributed by atoms with E-state index in [-0.39, 0.29) is 11.9 Å². The first-order chi connectivity index (χ1) is 14.3. The van der Waals surface area contributed by atoms with Crippen LogP contribution in [0, 0.1) is 0 Å². The lowest BCUT2D eigenvalue weighted by molar-refractivity contribution is 0.0925. The van der Waals surface area contributed by atoms with Gasteiger partial charge in [0.2, 0.25) is 0 Å². The topological polar surface area (TPSA) is 84.8 Å².